The summed E-state index contributed by atoms with van der Waals surface area (Å²) in [6.45, 7) is 3.19. The molecule has 10 nitrogen and oxygen atoms in total. The van der Waals surface area contributed by atoms with Crippen molar-refractivity contribution in [3.63, 3.8) is 0 Å². The van der Waals surface area contributed by atoms with E-state index in [9.17, 15) is 18.3 Å². The van der Waals surface area contributed by atoms with E-state index in [2.05, 4.69) is 20.5 Å². The largest absolute Gasteiger partial charge is 0.871 e. The molecule has 0 atom stereocenters. The molecular weight excluding hydrogens is 438 g/mol. The molecule has 0 radical (unpaired) electrons. The number of aryl methyl sites for hydroxylation is 2. The number of nitrogens with zero attached hydrogens (tertiary/aromatic N) is 3. The van der Waals surface area contributed by atoms with Crippen LogP contribution in [0.3, 0.4) is 0 Å². The Morgan fingerprint density at radius 1 is 1.10 bits per heavy atom. The fourth-order valence-electron chi connectivity index (χ4n) is 2.59. The van der Waals surface area contributed by atoms with Crippen molar-refractivity contribution in [2.45, 2.75) is 18.7 Å². The average molecular weight is 457 g/mol. The molecular formula is C17H19CrN5O5S. The third kappa shape index (κ3) is 5.00. The van der Waals surface area contributed by atoms with Crippen molar-refractivity contribution in [3.8, 4) is 11.4 Å². The maximum absolute atomic E-state index is 12.6. The van der Waals surface area contributed by atoms with E-state index in [1.165, 1.54) is 17.7 Å². The molecule has 0 bridgehead atoms. The van der Waals surface area contributed by atoms with Gasteiger partial charge in [-0.15, -0.1) is 5.11 Å². The van der Waals surface area contributed by atoms with Gasteiger partial charge in [0.15, 0.2) is 5.69 Å². The van der Waals surface area contributed by atoms with E-state index in [4.69, 9.17) is 0 Å². The van der Waals surface area contributed by atoms with Crippen LogP contribution in [0, 0.1) is 13.8 Å². The summed E-state index contributed by atoms with van der Waals surface area (Å²) in [6.07, 6.45) is 0. The molecule has 0 spiro atoms. The molecule has 3 aromatic rings. The number of rotatable bonds is 4. The van der Waals surface area contributed by atoms with Crippen molar-refractivity contribution >= 4 is 21.4 Å². The van der Waals surface area contributed by atoms with E-state index in [0.717, 1.165) is 6.07 Å². The summed E-state index contributed by atoms with van der Waals surface area (Å²) >= 11 is 0. The van der Waals surface area contributed by atoms with Crippen LogP contribution in [-0.4, -0.2) is 23.7 Å². The Balaban J connectivity index is 0.00000210. The van der Waals surface area contributed by atoms with Crippen LogP contribution in [0.2, 0.25) is 0 Å². The molecule has 0 aliphatic heterocycles. The van der Waals surface area contributed by atoms with Crippen LogP contribution < -0.4 is 15.8 Å². The van der Waals surface area contributed by atoms with E-state index in [1.54, 1.807) is 31.2 Å². The van der Waals surface area contributed by atoms with Crippen molar-refractivity contribution < 1.29 is 41.5 Å². The number of H-pyrrole nitrogens is 1. The molecule has 0 saturated carbocycles. The molecule has 1 aromatic heterocycles. The second-order valence-electron chi connectivity index (χ2n) is 5.96. The number of aromatic amines is 1. The molecule has 1 heterocycles. The SMILES string of the molecule is Cc1cc(N=Nc2c(C)[nH]n(-c3ccccc3)c2=O)c([O-])cc1S([NH3+])(=O)=O.O.[Cr]. The minimum absolute atomic E-state index is 0. The third-order valence-corrected chi connectivity index (χ3v) is 5.01. The van der Waals surface area contributed by atoms with Gasteiger partial charge in [0, 0.05) is 17.4 Å². The van der Waals surface area contributed by atoms with Crippen molar-refractivity contribution in [1.29, 1.82) is 0 Å². The average Bonchev–Trinajstić information content (AvgIpc) is 2.89. The first-order chi connectivity index (χ1) is 12.7. The van der Waals surface area contributed by atoms with Crippen LogP contribution in [0.15, 0.2) is 62.4 Å². The first-order valence-corrected chi connectivity index (χ1v) is 9.52. The molecule has 0 amide bonds. The number of hydrogen-bond donors (Lipinski definition) is 2. The van der Waals surface area contributed by atoms with Gasteiger partial charge in [0.1, 0.15) is 4.90 Å². The van der Waals surface area contributed by atoms with Crippen molar-refractivity contribution in [1.82, 2.24) is 9.78 Å². The maximum Gasteiger partial charge on any atom is 0.322 e. The Bertz CT molecular complexity index is 1200. The molecule has 2 aromatic carbocycles. The Hall–Kier alpha value is -2.75. The summed E-state index contributed by atoms with van der Waals surface area (Å²) in [5, 5.41) is 25.8. The molecule has 0 saturated heterocycles. The van der Waals surface area contributed by atoms with Gasteiger partial charge in [0.2, 0.25) is 0 Å². The molecule has 0 unspecified atom stereocenters. The summed E-state index contributed by atoms with van der Waals surface area (Å²) in [7, 11) is -3.76. The van der Waals surface area contributed by atoms with Crippen LogP contribution >= 0.6 is 0 Å². The summed E-state index contributed by atoms with van der Waals surface area (Å²) in [5.74, 6) is -0.622. The minimum Gasteiger partial charge on any atom is -0.871 e. The molecule has 0 aliphatic carbocycles. The fraction of sp³-hybridized carbons (Fsp3) is 0.118. The fourth-order valence-corrected chi connectivity index (χ4v) is 3.42. The van der Waals surface area contributed by atoms with Crippen molar-refractivity contribution in [2.75, 3.05) is 0 Å². The van der Waals surface area contributed by atoms with Crippen LogP contribution in [0.1, 0.15) is 11.3 Å². The second-order valence-corrected chi connectivity index (χ2v) is 7.63. The number of benzene rings is 2. The molecule has 0 fully saturated rings. The van der Waals surface area contributed by atoms with Gasteiger partial charge in [-0.3, -0.25) is 9.89 Å². The van der Waals surface area contributed by atoms with Crippen LogP contribution in [-0.2, 0) is 27.4 Å². The molecule has 29 heavy (non-hydrogen) atoms. The van der Waals surface area contributed by atoms with Gasteiger partial charge in [-0.05, 0) is 43.7 Å². The number of azo groups is 1. The molecule has 6 N–H and O–H groups in total. The van der Waals surface area contributed by atoms with Gasteiger partial charge in [-0.1, -0.05) is 23.9 Å². The van der Waals surface area contributed by atoms with Gasteiger partial charge < -0.3 is 10.6 Å². The maximum atomic E-state index is 12.6. The predicted molar refractivity (Wildman–Crippen MR) is 99.6 cm³/mol. The summed E-state index contributed by atoms with van der Waals surface area (Å²) in [4.78, 5) is 12.4. The number of quaternary nitrogens is 1. The predicted octanol–water partition coefficient (Wildman–Crippen LogP) is 0.375. The standard InChI is InChI=1S/C17H17N5O4S.Cr.H2O/c1-10-8-13(14(23)9-15(10)27(18,25)26)19-20-16-11(2)21-22(17(16)24)12-6-4-3-5-7-12;;/h3-9,21,23H,1-2H3,(H2,18,25,26);;1H2. The summed E-state index contributed by atoms with van der Waals surface area (Å²) in [6, 6.07) is 11.2. The number of aromatic nitrogens is 2. The number of sulfonamides is 1. The first kappa shape index (κ1) is 24.3. The Kier molecular flexibility index (Phi) is 7.68. The minimum atomic E-state index is -3.76. The van der Waals surface area contributed by atoms with E-state index in [1.807, 2.05) is 6.07 Å². The van der Waals surface area contributed by atoms with E-state index >= 15 is 0 Å². The van der Waals surface area contributed by atoms with Crippen LogP contribution in [0.25, 0.3) is 5.69 Å². The van der Waals surface area contributed by atoms with Gasteiger partial charge in [-0.25, -0.2) is 9.82 Å². The van der Waals surface area contributed by atoms with E-state index < -0.39 is 21.3 Å². The molecule has 154 valence electrons. The molecule has 12 heteroatoms. The zero-order chi connectivity index (χ0) is 19.8. The van der Waals surface area contributed by atoms with Crippen LogP contribution in [0.4, 0.5) is 11.4 Å². The summed E-state index contributed by atoms with van der Waals surface area (Å²) < 4.78 is 24.5. The van der Waals surface area contributed by atoms with Crippen molar-refractivity contribution in [3.05, 3.63) is 64.1 Å². The Morgan fingerprint density at radius 2 is 1.72 bits per heavy atom. The molecule has 0 aliphatic rings. The zero-order valence-electron chi connectivity index (χ0n) is 15.5. The first-order valence-electron chi connectivity index (χ1n) is 7.87. The quantitative estimate of drug-likeness (QED) is 0.538. The summed E-state index contributed by atoms with van der Waals surface area (Å²) in [5.41, 5.74) is 1.02. The van der Waals surface area contributed by atoms with Gasteiger partial charge in [-0.2, -0.15) is 13.5 Å². The van der Waals surface area contributed by atoms with E-state index in [-0.39, 0.29) is 39.1 Å². The topological polar surface area (TPSA) is 179 Å². The smallest absolute Gasteiger partial charge is 0.322 e. The number of nitrogens with one attached hydrogen (secondary N) is 1. The normalized spacial score (nSPS) is 11.1. The van der Waals surface area contributed by atoms with E-state index in [0.29, 0.717) is 16.9 Å². The second kappa shape index (κ2) is 9.17. The van der Waals surface area contributed by atoms with Crippen molar-refractivity contribution in [2.24, 2.45) is 10.2 Å². The Morgan fingerprint density at radius 3 is 2.31 bits per heavy atom. The van der Waals surface area contributed by atoms with Gasteiger partial charge in [0.25, 0.3) is 5.56 Å². The van der Waals surface area contributed by atoms with Gasteiger partial charge in [0.05, 0.1) is 17.1 Å². The third-order valence-electron chi connectivity index (χ3n) is 3.90. The molecule has 3 rings (SSSR count). The van der Waals surface area contributed by atoms with Gasteiger partial charge >= 0.3 is 10.0 Å². The number of hydrogen-bond acceptors (Lipinski definition) is 6. The zero-order valence-corrected chi connectivity index (χ0v) is 17.6. The van der Waals surface area contributed by atoms with Crippen LogP contribution in [0.5, 0.6) is 5.75 Å². The monoisotopic (exact) mass is 457 g/mol. The number of para-hydroxylation sites is 1. The Labute approximate surface area is 177 Å².